The standard InChI is InChI=1S/C18H27N3O3/c1-19-18(21-12-9-15(10-13-21)17(22)23-2)20-11-6-14-24-16-7-4-3-5-8-16/h3-5,7-8,15H,6,9-14H2,1-2H3,(H,19,20). The third-order valence-electron chi connectivity index (χ3n) is 4.16. The minimum Gasteiger partial charge on any atom is -0.494 e. The number of carbonyl (C=O) groups is 1. The number of aliphatic imine (C=N–C) groups is 1. The van der Waals surface area contributed by atoms with E-state index in [1.54, 1.807) is 7.05 Å². The maximum Gasteiger partial charge on any atom is 0.308 e. The van der Waals surface area contributed by atoms with Crippen molar-refractivity contribution in [2.45, 2.75) is 19.3 Å². The molecule has 0 aliphatic carbocycles. The number of benzene rings is 1. The Balaban J connectivity index is 1.65. The maximum atomic E-state index is 11.6. The number of guanidine groups is 1. The molecule has 0 bridgehead atoms. The van der Waals surface area contributed by atoms with Crippen molar-refractivity contribution in [3.8, 4) is 5.75 Å². The van der Waals surface area contributed by atoms with Gasteiger partial charge in [0.15, 0.2) is 5.96 Å². The molecule has 2 rings (SSSR count). The summed E-state index contributed by atoms with van der Waals surface area (Å²) in [6.07, 6.45) is 2.52. The number of hydrogen-bond donors (Lipinski definition) is 1. The van der Waals surface area contributed by atoms with Gasteiger partial charge in [0.25, 0.3) is 0 Å². The van der Waals surface area contributed by atoms with Gasteiger partial charge in [-0.3, -0.25) is 9.79 Å². The summed E-state index contributed by atoms with van der Waals surface area (Å²) in [5.74, 6) is 1.70. The Kier molecular flexibility index (Phi) is 7.39. The number of esters is 1. The van der Waals surface area contributed by atoms with Gasteiger partial charge in [0.2, 0.25) is 0 Å². The van der Waals surface area contributed by atoms with Crippen LogP contribution in [-0.2, 0) is 9.53 Å². The van der Waals surface area contributed by atoms with Gasteiger partial charge < -0.3 is 19.7 Å². The van der Waals surface area contributed by atoms with E-state index in [4.69, 9.17) is 9.47 Å². The molecule has 1 aliphatic rings. The lowest BCUT2D eigenvalue weighted by Crippen LogP contribution is -2.47. The number of carbonyl (C=O) groups excluding carboxylic acids is 1. The molecule has 0 saturated carbocycles. The zero-order valence-electron chi connectivity index (χ0n) is 14.5. The molecular formula is C18H27N3O3. The fourth-order valence-electron chi connectivity index (χ4n) is 2.81. The minimum absolute atomic E-state index is 0.0172. The summed E-state index contributed by atoms with van der Waals surface area (Å²) >= 11 is 0. The van der Waals surface area contributed by atoms with Crippen molar-refractivity contribution >= 4 is 11.9 Å². The van der Waals surface area contributed by atoms with Crippen LogP contribution in [0.1, 0.15) is 19.3 Å². The number of methoxy groups -OCH3 is 1. The Morgan fingerprint density at radius 3 is 2.62 bits per heavy atom. The van der Waals surface area contributed by atoms with Gasteiger partial charge in [-0.2, -0.15) is 0 Å². The van der Waals surface area contributed by atoms with E-state index in [1.165, 1.54) is 7.11 Å². The number of ether oxygens (including phenoxy) is 2. The first kappa shape index (κ1) is 18.1. The van der Waals surface area contributed by atoms with Crippen molar-refractivity contribution in [3.63, 3.8) is 0 Å². The molecule has 24 heavy (non-hydrogen) atoms. The summed E-state index contributed by atoms with van der Waals surface area (Å²) in [7, 11) is 3.24. The third-order valence-corrected chi connectivity index (χ3v) is 4.16. The number of likely N-dealkylation sites (tertiary alicyclic amines) is 1. The van der Waals surface area contributed by atoms with E-state index < -0.39 is 0 Å². The van der Waals surface area contributed by atoms with Crippen molar-refractivity contribution in [1.29, 1.82) is 0 Å². The van der Waals surface area contributed by atoms with E-state index in [2.05, 4.69) is 15.2 Å². The van der Waals surface area contributed by atoms with Gasteiger partial charge in [-0.15, -0.1) is 0 Å². The van der Waals surface area contributed by atoms with Gasteiger partial charge in [-0.1, -0.05) is 18.2 Å². The first-order valence-corrected chi connectivity index (χ1v) is 8.46. The average molecular weight is 333 g/mol. The first-order chi connectivity index (χ1) is 11.7. The molecule has 0 spiro atoms. The number of nitrogens with zero attached hydrogens (tertiary/aromatic N) is 2. The number of hydrogen-bond acceptors (Lipinski definition) is 4. The largest absolute Gasteiger partial charge is 0.494 e. The second kappa shape index (κ2) is 9.80. The van der Waals surface area contributed by atoms with Crippen LogP contribution in [0.5, 0.6) is 5.75 Å². The molecule has 1 aromatic carbocycles. The highest BCUT2D eigenvalue weighted by Crippen LogP contribution is 2.18. The van der Waals surface area contributed by atoms with Gasteiger partial charge in [-0.05, 0) is 31.4 Å². The molecule has 6 heteroatoms. The quantitative estimate of drug-likeness (QED) is 0.373. The van der Waals surface area contributed by atoms with Crippen LogP contribution >= 0.6 is 0 Å². The van der Waals surface area contributed by atoms with Gasteiger partial charge in [0, 0.05) is 26.7 Å². The van der Waals surface area contributed by atoms with Crippen molar-refractivity contribution in [1.82, 2.24) is 10.2 Å². The lowest BCUT2D eigenvalue weighted by atomic mass is 9.97. The van der Waals surface area contributed by atoms with Crippen molar-refractivity contribution in [2.24, 2.45) is 10.9 Å². The van der Waals surface area contributed by atoms with Crippen molar-refractivity contribution < 1.29 is 14.3 Å². The van der Waals surface area contributed by atoms with Crippen LogP contribution in [0.4, 0.5) is 0 Å². The van der Waals surface area contributed by atoms with Crippen LogP contribution in [0.2, 0.25) is 0 Å². The molecule has 6 nitrogen and oxygen atoms in total. The molecular weight excluding hydrogens is 306 g/mol. The van der Waals surface area contributed by atoms with Crippen LogP contribution in [-0.4, -0.2) is 57.2 Å². The van der Waals surface area contributed by atoms with E-state index in [0.29, 0.717) is 6.61 Å². The molecule has 1 N–H and O–H groups in total. The lowest BCUT2D eigenvalue weighted by molar-refractivity contribution is -0.146. The normalized spacial score (nSPS) is 15.9. The number of nitrogens with one attached hydrogen (secondary N) is 1. The highest BCUT2D eigenvalue weighted by molar-refractivity contribution is 5.80. The summed E-state index contributed by atoms with van der Waals surface area (Å²) in [4.78, 5) is 18.1. The van der Waals surface area contributed by atoms with Crippen LogP contribution in [0, 0.1) is 5.92 Å². The number of piperidine rings is 1. The molecule has 1 saturated heterocycles. The fraction of sp³-hybridized carbons (Fsp3) is 0.556. The van der Waals surface area contributed by atoms with Crippen LogP contribution in [0.15, 0.2) is 35.3 Å². The maximum absolute atomic E-state index is 11.6. The Hall–Kier alpha value is -2.24. The van der Waals surface area contributed by atoms with Crippen LogP contribution < -0.4 is 10.1 Å². The van der Waals surface area contributed by atoms with Crippen LogP contribution in [0.3, 0.4) is 0 Å². The van der Waals surface area contributed by atoms with E-state index in [-0.39, 0.29) is 11.9 Å². The Morgan fingerprint density at radius 2 is 2.00 bits per heavy atom. The Morgan fingerprint density at radius 1 is 1.29 bits per heavy atom. The summed E-state index contributed by atoms with van der Waals surface area (Å²) in [6.45, 7) is 3.11. The minimum atomic E-state index is -0.101. The first-order valence-electron chi connectivity index (χ1n) is 8.46. The molecule has 0 unspecified atom stereocenters. The van der Waals surface area contributed by atoms with E-state index >= 15 is 0 Å². The van der Waals surface area contributed by atoms with Gasteiger partial charge in [0.05, 0.1) is 19.6 Å². The SMILES string of the molecule is CN=C(NCCCOc1ccccc1)N1CCC(C(=O)OC)CC1. The molecule has 0 aromatic heterocycles. The van der Waals surface area contributed by atoms with E-state index in [9.17, 15) is 4.79 Å². The highest BCUT2D eigenvalue weighted by Gasteiger charge is 2.26. The van der Waals surface area contributed by atoms with Gasteiger partial charge >= 0.3 is 5.97 Å². The zero-order chi connectivity index (χ0) is 17.2. The monoisotopic (exact) mass is 333 g/mol. The second-order valence-corrected chi connectivity index (χ2v) is 5.77. The van der Waals surface area contributed by atoms with Gasteiger partial charge in [0.1, 0.15) is 5.75 Å². The fourth-order valence-corrected chi connectivity index (χ4v) is 2.81. The van der Waals surface area contributed by atoms with E-state index in [1.807, 2.05) is 30.3 Å². The molecule has 0 radical (unpaired) electrons. The van der Waals surface area contributed by atoms with Gasteiger partial charge in [-0.25, -0.2) is 0 Å². The zero-order valence-corrected chi connectivity index (χ0v) is 14.5. The van der Waals surface area contributed by atoms with Crippen molar-refractivity contribution in [2.75, 3.05) is 40.4 Å². The predicted molar refractivity (Wildman–Crippen MR) is 94.2 cm³/mol. The molecule has 0 amide bonds. The summed E-state index contributed by atoms with van der Waals surface area (Å²) < 4.78 is 10.5. The number of rotatable bonds is 6. The summed E-state index contributed by atoms with van der Waals surface area (Å²) in [5, 5.41) is 3.36. The molecule has 132 valence electrons. The summed E-state index contributed by atoms with van der Waals surface area (Å²) in [6, 6.07) is 9.82. The number of para-hydroxylation sites is 1. The van der Waals surface area contributed by atoms with Crippen molar-refractivity contribution in [3.05, 3.63) is 30.3 Å². The Bertz CT molecular complexity index is 526. The molecule has 1 aromatic rings. The molecule has 1 aliphatic heterocycles. The third kappa shape index (κ3) is 5.44. The average Bonchev–Trinajstić information content (AvgIpc) is 2.65. The molecule has 1 heterocycles. The smallest absolute Gasteiger partial charge is 0.308 e. The lowest BCUT2D eigenvalue weighted by Gasteiger charge is -2.33. The summed E-state index contributed by atoms with van der Waals surface area (Å²) in [5.41, 5.74) is 0. The highest BCUT2D eigenvalue weighted by atomic mass is 16.5. The second-order valence-electron chi connectivity index (χ2n) is 5.77. The predicted octanol–water partition coefficient (Wildman–Crippen LogP) is 1.92. The van der Waals surface area contributed by atoms with Crippen LogP contribution in [0.25, 0.3) is 0 Å². The Labute approximate surface area is 143 Å². The molecule has 1 fully saturated rings. The molecule has 0 atom stereocenters. The topological polar surface area (TPSA) is 63.2 Å². The van der Waals surface area contributed by atoms with E-state index in [0.717, 1.165) is 50.6 Å².